The second-order valence-electron chi connectivity index (χ2n) is 6.57. The molecule has 0 spiro atoms. The molecular weight excluding hydrogens is 435 g/mol. The molecular formula is C24H16Cl2N2O3. The number of anilines is 1. The van der Waals surface area contributed by atoms with Gasteiger partial charge >= 0.3 is 5.97 Å². The number of nitriles is 1. The van der Waals surface area contributed by atoms with E-state index in [1.165, 1.54) is 18.2 Å². The standard InChI is InChI=1S/C24H16Cl2N2O3/c1-15-2-7-19(8-3-15)28-23(29)17(14-27)12-16-4-9-20(10-5-16)31-24(30)21-11-6-18(25)13-22(21)26/h2-13H,1H3,(H,28,29)/b17-12-. The molecule has 0 heterocycles. The summed E-state index contributed by atoms with van der Waals surface area (Å²) in [6, 6.07) is 20.0. The van der Waals surface area contributed by atoms with Gasteiger partial charge in [-0.25, -0.2) is 4.79 Å². The molecule has 0 saturated carbocycles. The Morgan fingerprint density at radius 3 is 2.29 bits per heavy atom. The molecule has 3 aromatic rings. The summed E-state index contributed by atoms with van der Waals surface area (Å²) in [7, 11) is 0. The molecule has 0 aliphatic heterocycles. The number of hydrogen-bond acceptors (Lipinski definition) is 4. The summed E-state index contributed by atoms with van der Waals surface area (Å²) >= 11 is 11.9. The van der Waals surface area contributed by atoms with Gasteiger partial charge < -0.3 is 10.1 Å². The average molecular weight is 451 g/mol. The molecule has 0 atom stereocenters. The Kier molecular flexibility index (Phi) is 7.09. The Hall–Kier alpha value is -3.59. The molecule has 0 unspecified atom stereocenters. The predicted octanol–water partition coefficient (Wildman–Crippen LogP) is 6.07. The Morgan fingerprint density at radius 2 is 1.68 bits per heavy atom. The Bertz CT molecular complexity index is 1190. The molecule has 3 rings (SSSR count). The van der Waals surface area contributed by atoms with Gasteiger partial charge in [0, 0.05) is 10.7 Å². The van der Waals surface area contributed by atoms with Crippen molar-refractivity contribution in [1.29, 1.82) is 5.26 Å². The molecule has 0 radical (unpaired) electrons. The van der Waals surface area contributed by atoms with Crippen LogP contribution in [-0.2, 0) is 4.79 Å². The number of rotatable bonds is 5. The fourth-order valence-electron chi connectivity index (χ4n) is 2.60. The highest BCUT2D eigenvalue weighted by molar-refractivity contribution is 6.36. The summed E-state index contributed by atoms with van der Waals surface area (Å²) in [5, 5.41) is 12.6. The van der Waals surface area contributed by atoms with Crippen LogP contribution in [0.4, 0.5) is 5.69 Å². The number of carbonyl (C=O) groups is 2. The molecule has 7 heteroatoms. The number of ether oxygens (including phenoxy) is 1. The Labute approximate surface area is 189 Å². The third-order valence-electron chi connectivity index (χ3n) is 4.23. The third-order valence-corrected chi connectivity index (χ3v) is 4.78. The smallest absolute Gasteiger partial charge is 0.345 e. The first kappa shape index (κ1) is 22.1. The highest BCUT2D eigenvalue weighted by Crippen LogP contribution is 2.23. The van der Waals surface area contributed by atoms with Crippen LogP contribution in [-0.4, -0.2) is 11.9 Å². The van der Waals surface area contributed by atoms with Crippen molar-refractivity contribution in [3.8, 4) is 11.8 Å². The lowest BCUT2D eigenvalue weighted by Gasteiger charge is -2.07. The summed E-state index contributed by atoms with van der Waals surface area (Å²) in [5.41, 5.74) is 2.39. The first-order valence-corrected chi connectivity index (χ1v) is 9.88. The van der Waals surface area contributed by atoms with Crippen LogP contribution < -0.4 is 10.1 Å². The fraction of sp³-hybridized carbons (Fsp3) is 0.0417. The van der Waals surface area contributed by atoms with E-state index in [1.807, 2.05) is 25.1 Å². The molecule has 0 bridgehead atoms. The summed E-state index contributed by atoms with van der Waals surface area (Å²) < 4.78 is 5.31. The molecule has 1 amide bonds. The van der Waals surface area contributed by atoms with E-state index in [-0.39, 0.29) is 21.9 Å². The van der Waals surface area contributed by atoms with Gasteiger partial charge in [0.05, 0.1) is 10.6 Å². The van der Waals surface area contributed by atoms with E-state index in [0.717, 1.165) is 5.56 Å². The molecule has 0 aliphatic rings. The molecule has 31 heavy (non-hydrogen) atoms. The molecule has 1 N–H and O–H groups in total. The van der Waals surface area contributed by atoms with Crippen molar-refractivity contribution >= 4 is 46.8 Å². The lowest BCUT2D eigenvalue weighted by molar-refractivity contribution is -0.112. The topological polar surface area (TPSA) is 79.2 Å². The maximum atomic E-state index is 12.4. The largest absolute Gasteiger partial charge is 0.423 e. The van der Waals surface area contributed by atoms with E-state index in [9.17, 15) is 14.9 Å². The van der Waals surface area contributed by atoms with Gasteiger partial charge in [0.25, 0.3) is 5.91 Å². The van der Waals surface area contributed by atoms with Gasteiger partial charge in [-0.3, -0.25) is 4.79 Å². The molecule has 0 saturated heterocycles. The first-order valence-electron chi connectivity index (χ1n) is 9.13. The maximum Gasteiger partial charge on any atom is 0.345 e. The van der Waals surface area contributed by atoms with Crippen LogP contribution in [0.3, 0.4) is 0 Å². The zero-order valence-corrected chi connectivity index (χ0v) is 17.9. The molecule has 5 nitrogen and oxygen atoms in total. The van der Waals surface area contributed by atoms with Crippen molar-refractivity contribution in [3.63, 3.8) is 0 Å². The van der Waals surface area contributed by atoms with Crippen LogP contribution in [0.25, 0.3) is 6.08 Å². The van der Waals surface area contributed by atoms with Crippen LogP contribution in [0, 0.1) is 18.3 Å². The zero-order valence-electron chi connectivity index (χ0n) is 16.4. The minimum atomic E-state index is -0.625. The second-order valence-corrected chi connectivity index (χ2v) is 7.42. The van der Waals surface area contributed by atoms with E-state index in [4.69, 9.17) is 27.9 Å². The van der Waals surface area contributed by atoms with E-state index < -0.39 is 11.9 Å². The van der Waals surface area contributed by atoms with E-state index >= 15 is 0 Å². The van der Waals surface area contributed by atoms with Crippen molar-refractivity contribution in [3.05, 3.63) is 99.0 Å². The number of amides is 1. The minimum Gasteiger partial charge on any atom is -0.423 e. The van der Waals surface area contributed by atoms with Gasteiger partial charge in [-0.05, 0) is 61.0 Å². The van der Waals surface area contributed by atoms with E-state index in [1.54, 1.807) is 42.5 Å². The number of nitrogens with one attached hydrogen (secondary N) is 1. The van der Waals surface area contributed by atoms with Gasteiger partial charge in [0.15, 0.2) is 0 Å². The Morgan fingerprint density at radius 1 is 1.00 bits per heavy atom. The lowest BCUT2D eigenvalue weighted by Crippen LogP contribution is -2.13. The summed E-state index contributed by atoms with van der Waals surface area (Å²) in [6.07, 6.45) is 1.45. The fourth-order valence-corrected chi connectivity index (χ4v) is 3.09. The Balaban J connectivity index is 1.69. The van der Waals surface area contributed by atoms with E-state index in [0.29, 0.717) is 16.3 Å². The second kappa shape index (κ2) is 9.94. The molecule has 154 valence electrons. The van der Waals surface area contributed by atoms with Crippen LogP contribution in [0.15, 0.2) is 72.3 Å². The molecule has 0 fully saturated rings. The number of benzene rings is 3. The summed E-state index contributed by atoms with van der Waals surface area (Å²) in [5.74, 6) is -0.852. The first-order chi connectivity index (χ1) is 14.9. The van der Waals surface area contributed by atoms with Crippen molar-refractivity contribution in [2.75, 3.05) is 5.32 Å². The van der Waals surface area contributed by atoms with E-state index in [2.05, 4.69) is 5.32 Å². The van der Waals surface area contributed by atoms with Crippen molar-refractivity contribution in [2.45, 2.75) is 6.92 Å². The number of esters is 1. The van der Waals surface area contributed by atoms with Crippen molar-refractivity contribution < 1.29 is 14.3 Å². The van der Waals surface area contributed by atoms with Crippen LogP contribution in [0.2, 0.25) is 10.0 Å². The third kappa shape index (κ3) is 5.95. The van der Waals surface area contributed by atoms with Gasteiger partial charge in [-0.15, -0.1) is 0 Å². The van der Waals surface area contributed by atoms with Gasteiger partial charge in [0.2, 0.25) is 0 Å². The number of hydrogen-bond donors (Lipinski definition) is 1. The van der Waals surface area contributed by atoms with Crippen molar-refractivity contribution in [2.24, 2.45) is 0 Å². The minimum absolute atomic E-state index is 0.0572. The van der Waals surface area contributed by atoms with Gasteiger partial charge in [0.1, 0.15) is 17.4 Å². The normalized spacial score (nSPS) is 10.8. The maximum absolute atomic E-state index is 12.4. The van der Waals surface area contributed by atoms with Gasteiger partial charge in [-0.2, -0.15) is 5.26 Å². The number of carbonyl (C=O) groups excluding carboxylic acids is 2. The van der Waals surface area contributed by atoms with Crippen LogP contribution in [0.5, 0.6) is 5.75 Å². The zero-order chi connectivity index (χ0) is 22.4. The highest BCUT2D eigenvalue weighted by Gasteiger charge is 2.14. The predicted molar refractivity (Wildman–Crippen MR) is 121 cm³/mol. The molecule has 0 aromatic heterocycles. The quantitative estimate of drug-likeness (QED) is 0.221. The highest BCUT2D eigenvalue weighted by atomic mass is 35.5. The summed E-state index contributed by atoms with van der Waals surface area (Å²) in [6.45, 7) is 1.94. The number of halogens is 2. The van der Waals surface area contributed by atoms with Crippen molar-refractivity contribution in [1.82, 2.24) is 0 Å². The molecule has 3 aromatic carbocycles. The van der Waals surface area contributed by atoms with Gasteiger partial charge in [-0.1, -0.05) is 53.0 Å². The van der Waals surface area contributed by atoms with Crippen LogP contribution >= 0.6 is 23.2 Å². The molecule has 0 aliphatic carbocycles. The average Bonchev–Trinajstić information content (AvgIpc) is 2.74. The summed E-state index contributed by atoms with van der Waals surface area (Å²) in [4.78, 5) is 24.6. The SMILES string of the molecule is Cc1ccc(NC(=O)/C(C#N)=C\c2ccc(OC(=O)c3ccc(Cl)cc3Cl)cc2)cc1. The number of aryl methyl sites for hydroxylation is 1. The lowest BCUT2D eigenvalue weighted by atomic mass is 10.1. The number of nitrogens with zero attached hydrogens (tertiary/aromatic N) is 1. The monoisotopic (exact) mass is 450 g/mol. The van der Waals surface area contributed by atoms with Crippen LogP contribution in [0.1, 0.15) is 21.5 Å².